The summed E-state index contributed by atoms with van der Waals surface area (Å²) in [7, 11) is 0. The molecule has 1 heterocycles. The SMILES string of the molecule is [N-]=[N+]=NCC1CC(=O)N(c2cc([N+](=O)[O-])cc([N+](=O)[O-])c2)C1. The highest BCUT2D eigenvalue weighted by atomic mass is 16.6. The van der Waals surface area contributed by atoms with Crippen molar-refractivity contribution in [3.63, 3.8) is 0 Å². The Bertz CT molecular complexity index is 666. The smallest absolute Gasteiger partial charge is 0.278 e. The minimum atomic E-state index is -0.755. The molecule has 0 aliphatic carbocycles. The maximum absolute atomic E-state index is 12.0. The molecule has 11 heteroatoms. The molecule has 11 nitrogen and oxygen atoms in total. The van der Waals surface area contributed by atoms with Crippen LogP contribution in [0.4, 0.5) is 17.1 Å². The number of non-ortho nitro benzene ring substituents is 2. The number of benzene rings is 1. The Morgan fingerprint density at radius 1 is 1.27 bits per heavy atom. The van der Waals surface area contributed by atoms with Gasteiger partial charge in [0.05, 0.1) is 21.6 Å². The van der Waals surface area contributed by atoms with Crippen LogP contribution in [0.5, 0.6) is 0 Å². The third kappa shape index (κ3) is 3.10. The number of nitro benzene ring substituents is 2. The maximum atomic E-state index is 12.0. The second-order valence-corrected chi connectivity index (χ2v) is 4.71. The van der Waals surface area contributed by atoms with E-state index in [9.17, 15) is 25.0 Å². The Balaban J connectivity index is 2.35. The van der Waals surface area contributed by atoms with Crippen molar-refractivity contribution in [2.75, 3.05) is 18.0 Å². The van der Waals surface area contributed by atoms with Crippen LogP contribution in [0, 0.1) is 26.1 Å². The number of azide groups is 1. The van der Waals surface area contributed by atoms with E-state index in [1.165, 1.54) is 4.90 Å². The summed E-state index contributed by atoms with van der Waals surface area (Å²) in [4.78, 5) is 36.0. The first-order valence-corrected chi connectivity index (χ1v) is 6.17. The first-order valence-electron chi connectivity index (χ1n) is 6.17. The van der Waals surface area contributed by atoms with Gasteiger partial charge in [-0.3, -0.25) is 25.0 Å². The van der Waals surface area contributed by atoms with Gasteiger partial charge >= 0.3 is 0 Å². The molecule has 1 aliphatic heterocycles. The number of carbonyl (C=O) groups is 1. The normalized spacial score (nSPS) is 17.2. The van der Waals surface area contributed by atoms with Gasteiger partial charge in [-0.1, -0.05) is 5.11 Å². The molecule has 114 valence electrons. The lowest BCUT2D eigenvalue weighted by molar-refractivity contribution is -0.394. The summed E-state index contributed by atoms with van der Waals surface area (Å²) in [6.45, 7) is 0.311. The van der Waals surface area contributed by atoms with Crippen molar-refractivity contribution in [3.8, 4) is 0 Å². The number of anilines is 1. The standard InChI is InChI=1S/C11H10N6O5/c12-14-13-5-7-1-11(18)15(6-7)8-2-9(16(19)20)4-10(3-8)17(21)22/h2-4,7H,1,5-6H2. The molecular weight excluding hydrogens is 296 g/mol. The van der Waals surface area contributed by atoms with E-state index in [0.717, 1.165) is 18.2 Å². The van der Waals surface area contributed by atoms with Gasteiger partial charge in [-0.2, -0.15) is 0 Å². The van der Waals surface area contributed by atoms with Gasteiger partial charge in [0.2, 0.25) is 5.91 Å². The van der Waals surface area contributed by atoms with Crippen molar-refractivity contribution in [2.24, 2.45) is 11.0 Å². The van der Waals surface area contributed by atoms with E-state index in [4.69, 9.17) is 5.53 Å². The maximum Gasteiger partial charge on any atom is 0.278 e. The number of rotatable bonds is 5. The van der Waals surface area contributed by atoms with E-state index >= 15 is 0 Å². The summed E-state index contributed by atoms with van der Waals surface area (Å²) < 4.78 is 0. The Morgan fingerprint density at radius 3 is 2.36 bits per heavy atom. The number of hydrogen-bond acceptors (Lipinski definition) is 6. The second kappa shape index (κ2) is 6.06. The topological polar surface area (TPSA) is 155 Å². The lowest BCUT2D eigenvalue weighted by Crippen LogP contribution is -2.25. The van der Waals surface area contributed by atoms with Crippen LogP contribution in [0.1, 0.15) is 6.42 Å². The summed E-state index contributed by atoms with van der Waals surface area (Å²) in [5.74, 6) is -0.547. The van der Waals surface area contributed by atoms with Crippen molar-refractivity contribution >= 4 is 23.0 Å². The van der Waals surface area contributed by atoms with Crippen LogP contribution in [0.15, 0.2) is 23.3 Å². The van der Waals surface area contributed by atoms with Crippen LogP contribution < -0.4 is 4.90 Å². The number of hydrogen-bond donors (Lipinski definition) is 0. The van der Waals surface area contributed by atoms with Crippen LogP contribution in [-0.2, 0) is 4.79 Å². The summed E-state index contributed by atoms with van der Waals surface area (Å²) >= 11 is 0. The minimum Gasteiger partial charge on any atom is -0.312 e. The van der Waals surface area contributed by atoms with Crippen LogP contribution in [0.25, 0.3) is 10.4 Å². The van der Waals surface area contributed by atoms with Crippen molar-refractivity contribution in [1.29, 1.82) is 0 Å². The molecule has 2 rings (SSSR count). The Kier molecular flexibility index (Phi) is 4.18. The van der Waals surface area contributed by atoms with Gasteiger partial charge < -0.3 is 4.90 Å². The number of nitrogens with zero attached hydrogens (tertiary/aromatic N) is 6. The summed E-state index contributed by atoms with van der Waals surface area (Å²) in [5.41, 5.74) is 7.45. The van der Waals surface area contributed by atoms with Crippen LogP contribution in [-0.4, -0.2) is 28.8 Å². The van der Waals surface area contributed by atoms with Crippen molar-refractivity contribution in [3.05, 3.63) is 48.9 Å². The summed E-state index contributed by atoms with van der Waals surface area (Å²) in [6.07, 6.45) is 0.121. The third-order valence-corrected chi connectivity index (χ3v) is 3.23. The molecule has 0 saturated carbocycles. The molecule has 1 amide bonds. The first-order chi connectivity index (χ1) is 10.4. The molecule has 1 saturated heterocycles. The fourth-order valence-electron chi connectivity index (χ4n) is 2.25. The molecule has 0 N–H and O–H groups in total. The van der Waals surface area contributed by atoms with Gasteiger partial charge in [-0.05, 0) is 11.4 Å². The molecule has 0 spiro atoms. The number of amides is 1. The highest BCUT2D eigenvalue weighted by Crippen LogP contribution is 2.32. The molecule has 22 heavy (non-hydrogen) atoms. The second-order valence-electron chi connectivity index (χ2n) is 4.71. The van der Waals surface area contributed by atoms with Gasteiger partial charge in [0.25, 0.3) is 11.4 Å². The number of nitro groups is 2. The molecule has 0 bridgehead atoms. The Hall–Kier alpha value is -3.20. The summed E-state index contributed by atoms with van der Waals surface area (Å²) in [5, 5.41) is 25.1. The van der Waals surface area contributed by atoms with Gasteiger partial charge in [-0.15, -0.1) is 0 Å². The van der Waals surface area contributed by atoms with E-state index in [1.807, 2.05) is 0 Å². The van der Waals surface area contributed by atoms with Crippen LogP contribution in [0.3, 0.4) is 0 Å². The molecule has 0 radical (unpaired) electrons. The molecular formula is C11H10N6O5. The van der Waals surface area contributed by atoms with E-state index in [0.29, 0.717) is 0 Å². The highest BCUT2D eigenvalue weighted by Gasteiger charge is 2.32. The fourth-order valence-corrected chi connectivity index (χ4v) is 2.25. The Labute approximate surface area is 123 Å². The lowest BCUT2D eigenvalue weighted by Gasteiger charge is -2.16. The molecule has 1 aromatic rings. The van der Waals surface area contributed by atoms with Crippen molar-refractivity contribution in [1.82, 2.24) is 0 Å². The molecule has 1 atom stereocenters. The quantitative estimate of drug-likeness (QED) is 0.268. The van der Waals surface area contributed by atoms with E-state index in [-0.39, 0.29) is 37.0 Å². The highest BCUT2D eigenvalue weighted by molar-refractivity contribution is 5.96. The van der Waals surface area contributed by atoms with Crippen LogP contribution in [0.2, 0.25) is 0 Å². The average molecular weight is 306 g/mol. The van der Waals surface area contributed by atoms with Gasteiger partial charge in [0.15, 0.2) is 0 Å². The monoisotopic (exact) mass is 306 g/mol. The zero-order chi connectivity index (χ0) is 16.3. The summed E-state index contributed by atoms with van der Waals surface area (Å²) in [6, 6.07) is 3.06. The predicted octanol–water partition coefficient (Wildman–Crippen LogP) is 2.17. The molecule has 1 aromatic carbocycles. The fraction of sp³-hybridized carbons (Fsp3) is 0.364. The molecule has 1 aliphatic rings. The van der Waals surface area contributed by atoms with E-state index in [2.05, 4.69) is 10.0 Å². The molecule has 1 unspecified atom stereocenters. The zero-order valence-electron chi connectivity index (χ0n) is 11.2. The number of carbonyl (C=O) groups excluding carboxylic acids is 1. The zero-order valence-corrected chi connectivity index (χ0v) is 11.2. The van der Waals surface area contributed by atoms with E-state index in [1.54, 1.807) is 0 Å². The predicted molar refractivity (Wildman–Crippen MR) is 74.2 cm³/mol. The Morgan fingerprint density at radius 2 is 1.86 bits per heavy atom. The van der Waals surface area contributed by atoms with Crippen LogP contribution >= 0.6 is 0 Å². The lowest BCUT2D eigenvalue weighted by atomic mass is 10.1. The largest absolute Gasteiger partial charge is 0.312 e. The first kappa shape index (κ1) is 15.2. The van der Waals surface area contributed by atoms with Crippen molar-refractivity contribution < 1.29 is 14.6 Å². The van der Waals surface area contributed by atoms with Gasteiger partial charge in [-0.25, -0.2) is 0 Å². The minimum absolute atomic E-state index is 0.0920. The van der Waals surface area contributed by atoms with Gasteiger partial charge in [0.1, 0.15) is 0 Å². The molecule has 0 aromatic heterocycles. The molecule has 1 fully saturated rings. The van der Waals surface area contributed by atoms with E-state index < -0.39 is 21.2 Å². The van der Waals surface area contributed by atoms with Crippen molar-refractivity contribution in [2.45, 2.75) is 6.42 Å². The van der Waals surface area contributed by atoms with Gasteiger partial charge in [0, 0.05) is 36.6 Å². The third-order valence-electron chi connectivity index (χ3n) is 3.23. The average Bonchev–Trinajstić information content (AvgIpc) is 2.85.